The molecule has 0 saturated carbocycles. The fraction of sp³-hybridized carbons (Fsp3) is 0.417. The van der Waals surface area contributed by atoms with Crippen LogP contribution < -0.4 is 0 Å². The van der Waals surface area contributed by atoms with Gasteiger partial charge in [0, 0.05) is 12.0 Å². The summed E-state index contributed by atoms with van der Waals surface area (Å²) in [5.74, 6) is 0.132. The van der Waals surface area contributed by atoms with Crippen molar-refractivity contribution >= 4 is 5.78 Å². The van der Waals surface area contributed by atoms with E-state index in [4.69, 9.17) is 0 Å². The first-order valence-electron chi connectivity index (χ1n) is 4.81. The summed E-state index contributed by atoms with van der Waals surface area (Å²) in [6.07, 6.45) is 0.516. The minimum atomic E-state index is -0.839. The number of carbonyl (C=O) groups is 1. The minimum Gasteiger partial charge on any atom is -0.386 e. The molecule has 0 amide bonds. The fourth-order valence-electron chi connectivity index (χ4n) is 1.27. The number of rotatable bonds is 3. The largest absolute Gasteiger partial charge is 0.386 e. The van der Waals surface area contributed by atoms with Crippen LogP contribution in [0.3, 0.4) is 0 Å². The van der Waals surface area contributed by atoms with Gasteiger partial charge in [-0.25, -0.2) is 0 Å². The Morgan fingerprint density at radius 2 is 1.79 bits per heavy atom. The number of aliphatic hydroxyl groups is 1. The Hall–Kier alpha value is -1.15. The molecule has 0 fully saturated rings. The molecule has 0 aromatic heterocycles. The predicted molar refractivity (Wildman–Crippen MR) is 56.3 cm³/mol. The lowest BCUT2D eigenvalue weighted by Crippen LogP contribution is -2.15. The summed E-state index contributed by atoms with van der Waals surface area (Å²) < 4.78 is 0. The molecule has 0 aliphatic heterocycles. The quantitative estimate of drug-likeness (QED) is 0.747. The Balaban J connectivity index is 2.95. The Kier molecular flexibility index (Phi) is 3.06. The highest BCUT2D eigenvalue weighted by Crippen LogP contribution is 2.19. The van der Waals surface area contributed by atoms with E-state index in [9.17, 15) is 9.90 Å². The SMILES string of the molecule is CCC(=O)c1ccc(C(C)(C)O)cc1. The van der Waals surface area contributed by atoms with Crippen molar-refractivity contribution in [3.05, 3.63) is 35.4 Å². The van der Waals surface area contributed by atoms with E-state index in [1.807, 2.05) is 6.92 Å². The number of hydrogen-bond acceptors (Lipinski definition) is 2. The molecular formula is C12H16O2. The van der Waals surface area contributed by atoms with E-state index in [1.54, 1.807) is 38.1 Å². The molecule has 1 N–H and O–H groups in total. The summed E-state index contributed by atoms with van der Waals surface area (Å²) in [6, 6.07) is 7.12. The third-order valence-electron chi connectivity index (χ3n) is 2.23. The maximum Gasteiger partial charge on any atom is 0.162 e. The van der Waals surface area contributed by atoms with Crippen LogP contribution in [0.4, 0.5) is 0 Å². The van der Waals surface area contributed by atoms with E-state index < -0.39 is 5.60 Å². The van der Waals surface area contributed by atoms with E-state index in [2.05, 4.69) is 0 Å². The lowest BCUT2D eigenvalue weighted by molar-refractivity contribution is 0.0784. The molecule has 0 unspecified atom stereocenters. The van der Waals surface area contributed by atoms with Gasteiger partial charge in [-0.15, -0.1) is 0 Å². The van der Waals surface area contributed by atoms with Crippen LogP contribution in [0.2, 0.25) is 0 Å². The van der Waals surface area contributed by atoms with Crippen molar-refractivity contribution < 1.29 is 9.90 Å². The smallest absolute Gasteiger partial charge is 0.162 e. The van der Waals surface area contributed by atoms with Crippen molar-refractivity contribution in [1.29, 1.82) is 0 Å². The topological polar surface area (TPSA) is 37.3 Å². The molecule has 0 aliphatic carbocycles. The van der Waals surface area contributed by atoms with Gasteiger partial charge in [0.25, 0.3) is 0 Å². The summed E-state index contributed by atoms with van der Waals surface area (Å²) in [6.45, 7) is 5.29. The van der Waals surface area contributed by atoms with Crippen molar-refractivity contribution in [1.82, 2.24) is 0 Å². The Bertz CT molecular complexity index is 317. The van der Waals surface area contributed by atoms with Crippen LogP contribution in [0.5, 0.6) is 0 Å². The number of ketones is 1. The van der Waals surface area contributed by atoms with Crippen LogP contribution >= 0.6 is 0 Å². The standard InChI is InChI=1S/C12H16O2/c1-4-11(13)9-5-7-10(8-6-9)12(2,3)14/h5-8,14H,4H2,1-3H3. The van der Waals surface area contributed by atoms with Crippen LogP contribution in [-0.4, -0.2) is 10.9 Å². The van der Waals surface area contributed by atoms with E-state index in [0.29, 0.717) is 12.0 Å². The van der Waals surface area contributed by atoms with Crippen molar-refractivity contribution in [3.63, 3.8) is 0 Å². The van der Waals surface area contributed by atoms with E-state index >= 15 is 0 Å². The zero-order valence-electron chi connectivity index (χ0n) is 8.87. The maximum atomic E-state index is 11.3. The van der Waals surface area contributed by atoms with Gasteiger partial charge in [-0.2, -0.15) is 0 Å². The fourth-order valence-corrected chi connectivity index (χ4v) is 1.27. The van der Waals surface area contributed by atoms with E-state index in [-0.39, 0.29) is 5.78 Å². The van der Waals surface area contributed by atoms with Crippen LogP contribution in [0.15, 0.2) is 24.3 Å². The predicted octanol–water partition coefficient (Wildman–Crippen LogP) is 2.51. The van der Waals surface area contributed by atoms with Gasteiger partial charge in [-0.3, -0.25) is 4.79 Å². The average Bonchev–Trinajstić information content (AvgIpc) is 2.15. The second-order valence-electron chi connectivity index (χ2n) is 3.91. The molecule has 0 aliphatic rings. The second kappa shape index (κ2) is 3.93. The molecule has 1 aromatic carbocycles. The highest BCUT2D eigenvalue weighted by atomic mass is 16.3. The number of benzene rings is 1. The molecule has 0 radical (unpaired) electrons. The zero-order chi connectivity index (χ0) is 10.8. The van der Waals surface area contributed by atoms with Crippen molar-refractivity contribution in [2.45, 2.75) is 32.8 Å². The Morgan fingerprint density at radius 1 is 1.29 bits per heavy atom. The summed E-state index contributed by atoms with van der Waals surface area (Å²) in [7, 11) is 0. The Morgan fingerprint density at radius 3 is 2.14 bits per heavy atom. The van der Waals surface area contributed by atoms with Gasteiger partial charge < -0.3 is 5.11 Å². The minimum absolute atomic E-state index is 0.132. The highest BCUT2D eigenvalue weighted by molar-refractivity contribution is 5.95. The van der Waals surface area contributed by atoms with Crippen LogP contribution in [0.1, 0.15) is 43.1 Å². The first kappa shape index (κ1) is 10.9. The van der Waals surface area contributed by atoms with Crippen LogP contribution in [-0.2, 0) is 5.60 Å². The number of Topliss-reactive ketones (excluding diaryl/α,β-unsaturated/α-hetero) is 1. The lowest BCUT2D eigenvalue weighted by Gasteiger charge is -2.17. The third-order valence-corrected chi connectivity index (χ3v) is 2.23. The van der Waals surface area contributed by atoms with Gasteiger partial charge in [-0.1, -0.05) is 31.2 Å². The molecule has 0 heterocycles. The van der Waals surface area contributed by atoms with Crippen molar-refractivity contribution in [3.8, 4) is 0 Å². The summed E-state index contributed by atoms with van der Waals surface area (Å²) in [4.78, 5) is 11.3. The first-order valence-corrected chi connectivity index (χ1v) is 4.81. The molecule has 14 heavy (non-hydrogen) atoms. The second-order valence-corrected chi connectivity index (χ2v) is 3.91. The lowest BCUT2D eigenvalue weighted by atomic mass is 9.96. The third kappa shape index (κ3) is 2.42. The van der Waals surface area contributed by atoms with Gasteiger partial charge in [0.2, 0.25) is 0 Å². The number of carbonyl (C=O) groups excluding carboxylic acids is 1. The average molecular weight is 192 g/mol. The molecule has 0 bridgehead atoms. The molecule has 1 aromatic rings. The van der Waals surface area contributed by atoms with Gasteiger partial charge in [0.05, 0.1) is 5.60 Å². The first-order chi connectivity index (χ1) is 6.45. The molecule has 0 atom stereocenters. The van der Waals surface area contributed by atoms with Crippen LogP contribution in [0, 0.1) is 0 Å². The van der Waals surface area contributed by atoms with Crippen molar-refractivity contribution in [2.75, 3.05) is 0 Å². The molecule has 0 saturated heterocycles. The monoisotopic (exact) mass is 192 g/mol. The molecule has 1 rings (SSSR count). The van der Waals surface area contributed by atoms with Crippen LogP contribution in [0.25, 0.3) is 0 Å². The molecule has 2 heteroatoms. The molecule has 76 valence electrons. The molecule has 2 nitrogen and oxygen atoms in total. The van der Waals surface area contributed by atoms with Gasteiger partial charge in [0.1, 0.15) is 0 Å². The Labute approximate surface area is 84.6 Å². The molecular weight excluding hydrogens is 176 g/mol. The van der Waals surface area contributed by atoms with Gasteiger partial charge >= 0.3 is 0 Å². The van der Waals surface area contributed by atoms with E-state index in [1.165, 1.54) is 0 Å². The maximum absolute atomic E-state index is 11.3. The normalized spacial score (nSPS) is 11.4. The zero-order valence-corrected chi connectivity index (χ0v) is 8.87. The molecule has 0 spiro atoms. The highest BCUT2D eigenvalue weighted by Gasteiger charge is 2.15. The van der Waals surface area contributed by atoms with Gasteiger partial charge in [0.15, 0.2) is 5.78 Å². The van der Waals surface area contributed by atoms with Gasteiger partial charge in [-0.05, 0) is 19.4 Å². The van der Waals surface area contributed by atoms with Crippen molar-refractivity contribution in [2.24, 2.45) is 0 Å². The number of hydrogen-bond donors (Lipinski definition) is 1. The summed E-state index contributed by atoms with van der Waals surface area (Å²) in [5, 5.41) is 9.69. The van der Waals surface area contributed by atoms with E-state index in [0.717, 1.165) is 5.56 Å². The summed E-state index contributed by atoms with van der Waals surface area (Å²) in [5.41, 5.74) is 0.694. The summed E-state index contributed by atoms with van der Waals surface area (Å²) >= 11 is 0.